The fourth-order valence-electron chi connectivity index (χ4n) is 2.91. The molecule has 1 aliphatic heterocycles. The first kappa shape index (κ1) is 18.6. The Kier molecular flexibility index (Phi) is 6.37. The Labute approximate surface area is 148 Å². The van der Waals surface area contributed by atoms with Gasteiger partial charge in [0.2, 0.25) is 5.91 Å². The van der Waals surface area contributed by atoms with Gasteiger partial charge in [0.15, 0.2) is 0 Å². The first-order valence-electron chi connectivity index (χ1n) is 7.98. The van der Waals surface area contributed by atoms with Gasteiger partial charge < -0.3 is 15.8 Å². The van der Waals surface area contributed by atoms with Gasteiger partial charge in [-0.3, -0.25) is 4.79 Å². The number of carbonyl (C=O) groups is 1. The van der Waals surface area contributed by atoms with Crippen LogP contribution in [0.25, 0.3) is 0 Å². The SMILES string of the molecule is Cl.NCC1(C(=O)NCC2(Sc3ccccc3)CC2)CCOCC1. The van der Waals surface area contributed by atoms with Crippen LogP contribution in [0.2, 0.25) is 0 Å². The quantitative estimate of drug-likeness (QED) is 0.822. The van der Waals surface area contributed by atoms with Gasteiger partial charge in [0.25, 0.3) is 0 Å². The Morgan fingerprint density at radius 2 is 1.83 bits per heavy atom. The molecule has 1 aliphatic carbocycles. The van der Waals surface area contributed by atoms with Crippen LogP contribution in [0.1, 0.15) is 25.7 Å². The molecule has 0 bridgehead atoms. The van der Waals surface area contributed by atoms with Crippen molar-refractivity contribution in [2.24, 2.45) is 11.1 Å². The van der Waals surface area contributed by atoms with E-state index in [1.54, 1.807) is 0 Å². The van der Waals surface area contributed by atoms with Gasteiger partial charge >= 0.3 is 0 Å². The second-order valence-electron chi connectivity index (χ2n) is 6.38. The molecule has 128 valence electrons. The number of amides is 1. The van der Waals surface area contributed by atoms with Crippen LogP contribution in [0, 0.1) is 5.41 Å². The van der Waals surface area contributed by atoms with E-state index in [0.29, 0.717) is 19.8 Å². The average Bonchev–Trinajstić information content (AvgIpc) is 3.34. The smallest absolute Gasteiger partial charge is 0.227 e. The lowest BCUT2D eigenvalue weighted by Gasteiger charge is -2.35. The van der Waals surface area contributed by atoms with Crippen LogP contribution in [0.3, 0.4) is 0 Å². The van der Waals surface area contributed by atoms with Crippen LogP contribution in [-0.2, 0) is 9.53 Å². The number of benzene rings is 1. The number of carbonyl (C=O) groups excluding carboxylic acids is 1. The summed E-state index contributed by atoms with van der Waals surface area (Å²) in [7, 11) is 0. The monoisotopic (exact) mass is 356 g/mol. The van der Waals surface area contributed by atoms with E-state index in [-0.39, 0.29) is 23.1 Å². The standard InChI is InChI=1S/C17H24N2O2S.ClH/c18-12-16(8-10-21-11-9-16)15(20)19-13-17(6-7-17)22-14-4-2-1-3-5-14;/h1-5H,6-13,18H2,(H,19,20);1H. The van der Waals surface area contributed by atoms with Crippen LogP contribution in [0.15, 0.2) is 35.2 Å². The summed E-state index contributed by atoms with van der Waals surface area (Å²) >= 11 is 1.88. The summed E-state index contributed by atoms with van der Waals surface area (Å²) in [4.78, 5) is 13.9. The highest BCUT2D eigenvalue weighted by molar-refractivity contribution is 8.01. The molecule has 1 saturated heterocycles. The number of thioether (sulfide) groups is 1. The highest BCUT2D eigenvalue weighted by atomic mass is 35.5. The third-order valence-corrected chi connectivity index (χ3v) is 6.27. The minimum atomic E-state index is -0.425. The van der Waals surface area contributed by atoms with Crippen molar-refractivity contribution in [3.63, 3.8) is 0 Å². The zero-order valence-electron chi connectivity index (χ0n) is 13.3. The van der Waals surface area contributed by atoms with E-state index < -0.39 is 5.41 Å². The first-order chi connectivity index (χ1) is 10.7. The number of hydrogen-bond donors (Lipinski definition) is 2. The molecule has 1 saturated carbocycles. The minimum Gasteiger partial charge on any atom is -0.381 e. The third-order valence-electron chi connectivity index (χ3n) is 4.78. The van der Waals surface area contributed by atoms with E-state index in [1.165, 1.54) is 4.90 Å². The molecule has 0 spiro atoms. The predicted octanol–water partition coefficient (Wildman–Crippen LogP) is 2.60. The lowest BCUT2D eigenvalue weighted by atomic mass is 9.79. The van der Waals surface area contributed by atoms with Crippen molar-refractivity contribution < 1.29 is 9.53 Å². The fourth-order valence-corrected chi connectivity index (χ4v) is 4.15. The van der Waals surface area contributed by atoms with E-state index in [4.69, 9.17) is 10.5 Å². The zero-order valence-corrected chi connectivity index (χ0v) is 14.9. The van der Waals surface area contributed by atoms with E-state index >= 15 is 0 Å². The van der Waals surface area contributed by atoms with E-state index in [2.05, 4.69) is 29.6 Å². The molecule has 23 heavy (non-hydrogen) atoms. The van der Waals surface area contributed by atoms with Gasteiger partial charge in [0.05, 0.1) is 5.41 Å². The van der Waals surface area contributed by atoms with Gasteiger partial charge in [0.1, 0.15) is 0 Å². The number of nitrogens with two attached hydrogens (primary N) is 1. The van der Waals surface area contributed by atoms with Crippen molar-refractivity contribution >= 4 is 30.1 Å². The first-order valence-corrected chi connectivity index (χ1v) is 8.80. The maximum absolute atomic E-state index is 12.6. The molecule has 3 N–H and O–H groups in total. The third kappa shape index (κ3) is 4.41. The molecule has 0 aromatic heterocycles. The molecule has 3 rings (SSSR count). The molecule has 0 unspecified atom stereocenters. The molecule has 1 heterocycles. The van der Waals surface area contributed by atoms with E-state index in [1.807, 2.05) is 17.8 Å². The topological polar surface area (TPSA) is 64.4 Å². The van der Waals surface area contributed by atoms with Gasteiger partial charge in [-0.25, -0.2) is 0 Å². The van der Waals surface area contributed by atoms with Crippen LogP contribution in [-0.4, -0.2) is 37.0 Å². The number of ether oxygens (including phenoxy) is 1. The zero-order chi connectivity index (χ0) is 15.5. The van der Waals surface area contributed by atoms with E-state index in [9.17, 15) is 4.79 Å². The number of halogens is 1. The van der Waals surface area contributed by atoms with Crippen molar-refractivity contribution in [3.05, 3.63) is 30.3 Å². The van der Waals surface area contributed by atoms with Crippen LogP contribution >= 0.6 is 24.2 Å². The maximum Gasteiger partial charge on any atom is 0.227 e. The van der Waals surface area contributed by atoms with Gasteiger partial charge in [0, 0.05) is 35.9 Å². The molecule has 1 aromatic rings. The molecule has 1 amide bonds. The van der Waals surface area contributed by atoms with Crippen LogP contribution in [0.4, 0.5) is 0 Å². The summed E-state index contributed by atoms with van der Waals surface area (Å²) < 4.78 is 5.55. The molecule has 4 nitrogen and oxygen atoms in total. The van der Waals surface area contributed by atoms with Crippen molar-refractivity contribution in [3.8, 4) is 0 Å². The average molecular weight is 357 g/mol. The van der Waals surface area contributed by atoms with Crippen molar-refractivity contribution in [1.29, 1.82) is 0 Å². The predicted molar refractivity (Wildman–Crippen MR) is 96.1 cm³/mol. The number of rotatable bonds is 6. The van der Waals surface area contributed by atoms with Crippen molar-refractivity contribution in [2.45, 2.75) is 35.3 Å². The summed E-state index contributed by atoms with van der Waals surface area (Å²) in [5.41, 5.74) is 5.47. The fraction of sp³-hybridized carbons (Fsp3) is 0.588. The highest BCUT2D eigenvalue weighted by Crippen LogP contribution is 2.51. The summed E-state index contributed by atoms with van der Waals surface area (Å²) in [6.45, 7) is 2.40. The lowest BCUT2D eigenvalue weighted by Crippen LogP contribution is -2.50. The van der Waals surface area contributed by atoms with Gasteiger partial charge in [-0.15, -0.1) is 24.2 Å². The molecule has 0 radical (unpaired) electrons. The summed E-state index contributed by atoms with van der Waals surface area (Å²) in [6, 6.07) is 10.4. The van der Waals surface area contributed by atoms with Gasteiger partial charge in [-0.2, -0.15) is 0 Å². The molecule has 2 aliphatic rings. The Balaban J connectivity index is 0.00000192. The summed E-state index contributed by atoms with van der Waals surface area (Å²) in [5, 5.41) is 3.17. The van der Waals surface area contributed by atoms with E-state index in [0.717, 1.165) is 32.2 Å². The molecule has 0 atom stereocenters. The second-order valence-corrected chi connectivity index (χ2v) is 7.92. The summed E-state index contributed by atoms with van der Waals surface area (Å²) in [6.07, 6.45) is 3.78. The molecular formula is C17H25ClN2O2S. The molecular weight excluding hydrogens is 332 g/mol. The summed E-state index contributed by atoms with van der Waals surface area (Å²) in [5.74, 6) is 0.109. The van der Waals surface area contributed by atoms with Gasteiger partial charge in [-0.1, -0.05) is 18.2 Å². The normalized spacial score (nSPS) is 21.1. The lowest BCUT2D eigenvalue weighted by molar-refractivity contribution is -0.135. The minimum absolute atomic E-state index is 0. The van der Waals surface area contributed by atoms with Crippen molar-refractivity contribution in [2.75, 3.05) is 26.3 Å². The Bertz CT molecular complexity index is 517. The largest absolute Gasteiger partial charge is 0.381 e. The van der Waals surface area contributed by atoms with Crippen LogP contribution in [0.5, 0.6) is 0 Å². The second kappa shape index (κ2) is 7.88. The molecule has 6 heteroatoms. The van der Waals surface area contributed by atoms with Gasteiger partial charge in [-0.05, 0) is 37.8 Å². The maximum atomic E-state index is 12.6. The van der Waals surface area contributed by atoms with Crippen molar-refractivity contribution in [1.82, 2.24) is 5.32 Å². The van der Waals surface area contributed by atoms with Crippen LogP contribution < -0.4 is 11.1 Å². The number of nitrogens with one attached hydrogen (secondary N) is 1. The highest BCUT2D eigenvalue weighted by Gasteiger charge is 2.46. The Morgan fingerprint density at radius 1 is 1.17 bits per heavy atom. The molecule has 1 aromatic carbocycles. The Morgan fingerprint density at radius 3 is 2.39 bits per heavy atom. The Hall–Kier alpha value is -0.750. The number of hydrogen-bond acceptors (Lipinski definition) is 4. The molecule has 2 fully saturated rings.